The number of ether oxygens (including phenoxy) is 2. The van der Waals surface area contributed by atoms with Crippen LogP contribution < -0.4 is 10.6 Å². The number of nitrogens with one attached hydrogen (secondary N) is 2. The molecule has 1 aromatic rings. The van der Waals surface area contributed by atoms with Gasteiger partial charge in [-0.3, -0.25) is 14.4 Å². The molecule has 0 heterocycles. The minimum Gasteiger partial charge on any atom is -0.508 e. The largest absolute Gasteiger partial charge is 0.508 e. The maximum Gasteiger partial charge on any atom is 0.408 e. The quantitative estimate of drug-likeness (QED) is 0.280. The van der Waals surface area contributed by atoms with Crippen LogP contribution in [-0.2, 0) is 23.9 Å². The number of phenolic OH excluding ortho intramolecular Hbond substituents is 1. The van der Waals surface area contributed by atoms with E-state index in [2.05, 4.69) is 28.0 Å². The van der Waals surface area contributed by atoms with Crippen molar-refractivity contribution < 1.29 is 33.8 Å². The molecule has 0 spiro atoms. The molecule has 0 radical (unpaired) electrons. The van der Waals surface area contributed by atoms with Crippen LogP contribution in [0.1, 0.15) is 59.6 Å². The van der Waals surface area contributed by atoms with E-state index in [0.717, 1.165) is 0 Å². The first kappa shape index (κ1) is 30.1. The normalized spacial score (nSPS) is 13.3. The number of benzene rings is 1. The monoisotopic (exact) mass is 511 g/mol. The van der Waals surface area contributed by atoms with Crippen molar-refractivity contribution in [3.05, 3.63) is 29.8 Å². The molecule has 0 fully saturated rings. The molecule has 0 aliphatic heterocycles. The molecule has 35 heavy (non-hydrogen) atoms. The fourth-order valence-corrected chi connectivity index (χ4v) is 3.44. The number of aromatic hydroxyl groups is 1. The van der Waals surface area contributed by atoms with Crippen LogP contribution in [-0.4, -0.2) is 70.5 Å². The van der Waals surface area contributed by atoms with Gasteiger partial charge in [-0.15, -0.1) is 0 Å². The van der Waals surface area contributed by atoms with Gasteiger partial charge >= 0.3 is 12.1 Å². The highest BCUT2D eigenvalue weighted by Gasteiger charge is 2.43. The van der Waals surface area contributed by atoms with Crippen LogP contribution >= 0.6 is 12.6 Å². The second kappa shape index (κ2) is 12.7. The Morgan fingerprint density at radius 2 is 1.71 bits per heavy atom. The number of carbonyl (C=O) groups is 4. The summed E-state index contributed by atoms with van der Waals surface area (Å²) in [5, 5.41) is 15.6. The Balaban J connectivity index is 3.54. The predicted molar refractivity (Wildman–Crippen MR) is 134 cm³/mol. The van der Waals surface area contributed by atoms with Crippen molar-refractivity contribution in [2.75, 3.05) is 19.4 Å². The topological polar surface area (TPSA) is 134 Å². The van der Waals surface area contributed by atoms with Crippen molar-refractivity contribution in [1.82, 2.24) is 15.5 Å². The average Bonchev–Trinajstić information content (AvgIpc) is 2.77. The van der Waals surface area contributed by atoms with E-state index < -0.39 is 53.6 Å². The van der Waals surface area contributed by atoms with Crippen molar-refractivity contribution in [3.8, 4) is 5.75 Å². The number of alkyl carbamates (subject to hydrolysis) is 1. The Hall–Kier alpha value is -2.95. The predicted octanol–water partition coefficient (Wildman–Crippen LogP) is 2.56. The molecule has 3 N–H and O–H groups in total. The van der Waals surface area contributed by atoms with Gasteiger partial charge in [-0.25, -0.2) is 4.79 Å². The van der Waals surface area contributed by atoms with Crippen LogP contribution in [0, 0.1) is 0 Å². The number of carbonyl (C=O) groups excluding carboxylic acids is 4. The number of nitrogens with zero attached hydrogens (tertiary/aromatic N) is 1. The van der Waals surface area contributed by atoms with E-state index in [9.17, 15) is 24.3 Å². The molecule has 0 bridgehead atoms. The minimum absolute atomic E-state index is 0.0777. The summed E-state index contributed by atoms with van der Waals surface area (Å²) >= 11 is 4.24. The maximum absolute atomic E-state index is 13.9. The fourth-order valence-electron chi connectivity index (χ4n) is 3.19. The molecule has 2 unspecified atom stereocenters. The van der Waals surface area contributed by atoms with Crippen molar-refractivity contribution in [2.45, 2.75) is 71.2 Å². The Morgan fingerprint density at radius 3 is 2.20 bits per heavy atom. The van der Waals surface area contributed by atoms with Gasteiger partial charge in [0.05, 0.1) is 7.11 Å². The van der Waals surface area contributed by atoms with Crippen molar-refractivity contribution in [2.24, 2.45) is 0 Å². The van der Waals surface area contributed by atoms with Crippen molar-refractivity contribution in [3.63, 3.8) is 0 Å². The van der Waals surface area contributed by atoms with Crippen LogP contribution in [0.25, 0.3) is 0 Å². The molecule has 0 aliphatic rings. The molecule has 2 atom stereocenters. The number of hydrogen-bond acceptors (Lipinski definition) is 8. The molecule has 11 heteroatoms. The highest BCUT2D eigenvalue weighted by atomic mass is 32.1. The lowest BCUT2D eigenvalue weighted by atomic mass is 9.91. The van der Waals surface area contributed by atoms with E-state index in [1.807, 2.05) is 6.92 Å². The Kier molecular flexibility index (Phi) is 10.9. The Labute approximate surface area is 212 Å². The molecule has 1 rings (SSSR count). The van der Waals surface area contributed by atoms with Crippen molar-refractivity contribution in [1.29, 1.82) is 0 Å². The number of esters is 1. The molecule has 10 nitrogen and oxygen atoms in total. The zero-order valence-electron chi connectivity index (χ0n) is 21.4. The summed E-state index contributed by atoms with van der Waals surface area (Å²) in [5.41, 5.74) is -1.55. The summed E-state index contributed by atoms with van der Waals surface area (Å²) in [4.78, 5) is 52.6. The van der Waals surface area contributed by atoms with Crippen LogP contribution in [0.15, 0.2) is 24.3 Å². The molecule has 1 aromatic carbocycles. The molecule has 0 saturated carbocycles. The standard InChI is InChI=1S/C24H37N3O7S/c1-8-24(5,6)27(21(31)16(14-35)26-22(32)34-23(2,3)4)19(15-11-9-10-12-17(15)28)20(30)25-13-18(29)33-7/h9-12,16,19,28,35H,8,13-14H2,1-7H3,(H,25,30)(H,26,32). The Morgan fingerprint density at radius 1 is 1.11 bits per heavy atom. The van der Waals surface area contributed by atoms with E-state index >= 15 is 0 Å². The molecule has 0 aliphatic carbocycles. The van der Waals surface area contributed by atoms with Crippen LogP contribution in [0.5, 0.6) is 5.75 Å². The van der Waals surface area contributed by atoms with Crippen LogP contribution in [0.2, 0.25) is 0 Å². The number of phenols is 1. The highest BCUT2D eigenvalue weighted by Crippen LogP contribution is 2.35. The number of amides is 3. The second-order valence-corrected chi connectivity index (χ2v) is 9.88. The highest BCUT2D eigenvalue weighted by molar-refractivity contribution is 7.80. The molecular formula is C24H37N3O7S. The third kappa shape index (κ3) is 8.65. The lowest BCUT2D eigenvalue weighted by molar-refractivity contribution is -0.149. The minimum atomic E-state index is -1.33. The molecule has 0 saturated heterocycles. The summed E-state index contributed by atoms with van der Waals surface area (Å²) in [6.07, 6.45) is -0.382. The third-order valence-corrected chi connectivity index (χ3v) is 5.66. The SMILES string of the molecule is CCC(C)(C)N(C(=O)C(CS)NC(=O)OC(C)(C)C)C(C(=O)NCC(=O)OC)c1ccccc1O. The number of rotatable bonds is 10. The third-order valence-electron chi connectivity index (χ3n) is 5.30. The van der Waals surface area contributed by atoms with Gasteiger partial charge in [0.15, 0.2) is 0 Å². The number of methoxy groups -OCH3 is 1. The van der Waals surface area contributed by atoms with Gasteiger partial charge in [0.1, 0.15) is 30.0 Å². The fraction of sp³-hybridized carbons (Fsp3) is 0.583. The Bertz CT molecular complexity index is 915. The van der Waals surface area contributed by atoms with Gasteiger partial charge in [-0.1, -0.05) is 25.1 Å². The van der Waals surface area contributed by atoms with Gasteiger partial charge < -0.3 is 30.1 Å². The summed E-state index contributed by atoms with van der Waals surface area (Å²) in [6, 6.07) is 3.64. The van der Waals surface area contributed by atoms with Gasteiger partial charge in [-0.2, -0.15) is 12.6 Å². The van der Waals surface area contributed by atoms with E-state index in [0.29, 0.717) is 6.42 Å². The van der Waals surface area contributed by atoms with Gasteiger partial charge in [0.25, 0.3) is 0 Å². The molecule has 0 aromatic heterocycles. The van der Waals surface area contributed by atoms with E-state index in [-0.39, 0.29) is 17.1 Å². The van der Waals surface area contributed by atoms with E-state index in [1.165, 1.54) is 24.1 Å². The van der Waals surface area contributed by atoms with Gasteiger partial charge in [0, 0.05) is 16.9 Å². The number of thiol groups is 1. The van der Waals surface area contributed by atoms with Gasteiger partial charge in [-0.05, 0) is 47.1 Å². The van der Waals surface area contributed by atoms with E-state index in [4.69, 9.17) is 4.74 Å². The van der Waals surface area contributed by atoms with Crippen molar-refractivity contribution >= 4 is 36.5 Å². The number of hydrogen-bond donors (Lipinski definition) is 4. The molecule has 196 valence electrons. The van der Waals surface area contributed by atoms with Gasteiger partial charge in [0.2, 0.25) is 11.8 Å². The first-order valence-corrected chi connectivity index (χ1v) is 11.9. The average molecular weight is 512 g/mol. The summed E-state index contributed by atoms with van der Waals surface area (Å²) in [7, 11) is 1.19. The van der Waals surface area contributed by atoms with Crippen LogP contribution in [0.3, 0.4) is 0 Å². The lowest BCUT2D eigenvalue weighted by Gasteiger charge is -2.44. The first-order chi connectivity index (χ1) is 16.2. The summed E-state index contributed by atoms with van der Waals surface area (Å²) < 4.78 is 9.87. The zero-order chi connectivity index (χ0) is 27.0. The second-order valence-electron chi connectivity index (χ2n) is 9.51. The lowest BCUT2D eigenvalue weighted by Crippen LogP contribution is -2.60. The molecular weight excluding hydrogens is 474 g/mol. The summed E-state index contributed by atoms with van der Waals surface area (Å²) in [6.45, 7) is 10.00. The maximum atomic E-state index is 13.9. The van der Waals surface area contributed by atoms with Crippen LogP contribution in [0.4, 0.5) is 4.79 Å². The number of para-hydroxylation sites is 1. The zero-order valence-corrected chi connectivity index (χ0v) is 22.3. The summed E-state index contributed by atoms with van der Waals surface area (Å²) in [5.74, 6) is -2.29. The first-order valence-electron chi connectivity index (χ1n) is 11.2. The van der Waals surface area contributed by atoms with E-state index in [1.54, 1.807) is 46.8 Å². The smallest absolute Gasteiger partial charge is 0.408 e. The molecule has 3 amide bonds.